The maximum Gasteiger partial charge on any atom is 0.416 e. The molecule has 212 valence electrons. The van der Waals surface area contributed by atoms with Gasteiger partial charge >= 0.3 is 6.09 Å². The first-order chi connectivity index (χ1) is 19.4. The normalized spacial score (nSPS) is 17.1. The first-order valence-corrected chi connectivity index (χ1v) is 14.8. The lowest BCUT2D eigenvalue weighted by atomic mass is 9.99. The molecule has 12 heteroatoms. The number of aromatic nitrogens is 5. The highest BCUT2D eigenvalue weighted by molar-refractivity contribution is 7.99. The van der Waals surface area contributed by atoms with E-state index in [1.807, 2.05) is 31.3 Å². The summed E-state index contributed by atoms with van der Waals surface area (Å²) in [6.45, 7) is 6.74. The van der Waals surface area contributed by atoms with Gasteiger partial charge in [0, 0.05) is 44.1 Å². The third-order valence-electron chi connectivity index (χ3n) is 7.59. The van der Waals surface area contributed by atoms with Crippen molar-refractivity contribution in [1.82, 2.24) is 35.0 Å². The minimum atomic E-state index is -0.410. The first-order valence-electron chi connectivity index (χ1n) is 13.8. The smallest absolute Gasteiger partial charge is 0.391 e. The van der Waals surface area contributed by atoms with Gasteiger partial charge in [0.2, 0.25) is 11.0 Å². The minimum absolute atomic E-state index is 0.201. The van der Waals surface area contributed by atoms with Crippen LogP contribution in [0.15, 0.2) is 47.8 Å². The molecular formula is C28H36N8O3S. The van der Waals surface area contributed by atoms with Crippen LogP contribution in [0.4, 0.5) is 10.5 Å². The number of nitrogens with zero attached hydrogens (tertiary/aromatic N) is 7. The van der Waals surface area contributed by atoms with Crippen LogP contribution >= 0.6 is 11.8 Å². The maximum absolute atomic E-state index is 12.7. The Hall–Kier alpha value is -3.51. The molecule has 2 aliphatic rings. The molecule has 11 nitrogen and oxygen atoms in total. The number of hydrogen-bond donors (Lipinski definition) is 1. The Morgan fingerprint density at radius 1 is 1.02 bits per heavy atom. The van der Waals surface area contributed by atoms with Crippen molar-refractivity contribution >= 4 is 29.4 Å². The average molecular weight is 565 g/mol. The van der Waals surface area contributed by atoms with E-state index in [2.05, 4.69) is 37.6 Å². The van der Waals surface area contributed by atoms with Gasteiger partial charge in [-0.15, -0.1) is 5.10 Å². The van der Waals surface area contributed by atoms with E-state index in [0.29, 0.717) is 30.3 Å². The lowest BCUT2D eigenvalue weighted by Gasteiger charge is -2.30. The second kappa shape index (κ2) is 13.2. The first kappa shape index (κ1) is 28.0. The zero-order valence-electron chi connectivity index (χ0n) is 23.0. The fraction of sp³-hybridized carbons (Fsp3) is 0.500. The molecular weight excluding hydrogens is 528 g/mol. The summed E-state index contributed by atoms with van der Waals surface area (Å²) >= 11 is 1.63. The van der Waals surface area contributed by atoms with Crippen LogP contribution in [-0.4, -0.2) is 78.9 Å². The molecule has 40 heavy (non-hydrogen) atoms. The number of carbonyl (C=O) groups is 2. The summed E-state index contributed by atoms with van der Waals surface area (Å²) in [5.74, 6) is 2.20. The highest BCUT2D eigenvalue weighted by atomic mass is 32.2. The van der Waals surface area contributed by atoms with Gasteiger partial charge in [-0.05, 0) is 84.8 Å². The molecule has 0 atom stereocenters. The van der Waals surface area contributed by atoms with E-state index >= 15 is 0 Å². The summed E-state index contributed by atoms with van der Waals surface area (Å²) in [5.41, 5.74) is 2.33. The van der Waals surface area contributed by atoms with E-state index in [9.17, 15) is 9.59 Å². The third kappa shape index (κ3) is 7.57. The quantitative estimate of drug-likeness (QED) is 0.404. The number of hydrogen-bond acceptors (Lipinski definition) is 9. The van der Waals surface area contributed by atoms with Crippen molar-refractivity contribution in [3.8, 4) is 5.88 Å². The Morgan fingerprint density at radius 2 is 1.77 bits per heavy atom. The molecule has 2 amide bonds. The van der Waals surface area contributed by atoms with Crippen LogP contribution < -0.4 is 10.1 Å². The molecule has 2 aliphatic heterocycles. The summed E-state index contributed by atoms with van der Waals surface area (Å²) < 4.78 is 7.14. The summed E-state index contributed by atoms with van der Waals surface area (Å²) in [5, 5.41) is 15.2. The number of piperidine rings is 2. The Labute approximate surface area is 238 Å². The number of pyridine rings is 1. The second-order valence-electron chi connectivity index (χ2n) is 10.7. The topological polar surface area (TPSA) is 118 Å². The van der Waals surface area contributed by atoms with Gasteiger partial charge in [-0.2, -0.15) is 0 Å². The van der Waals surface area contributed by atoms with E-state index in [-0.39, 0.29) is 11.8 Å². The predicted molar refractivity (Wildman–Crippen MR) is 152 cm³/mol. The maximum atomic E-state index is 12.7. The summed E-state index contributed by atoms with van der Waals surface area (Å²) in [7, 11) is 1.82. The van der Waals surface area contributed by atoms with Crippen LogP contribution in [0, 0.1) is 11.8 Å². The summed E-state index contributed by atoms with van der Waals surface area (Å²) in [6.07, 6.45) is 5.36. The van der Waals surface area contributed by atoms with Gasteiger partial charge in [-0.3, -0.25) is 9.69 Å². The largest absolute Gasteiger partial charge is 0.416 e. The molecule has 1 aromatic carbocycles. The summed E-state index contributed by atoms with van der Waals surface area (Å²) in [6, 6.07) is 11.0. The Morgan fingerprint density at radius 3 is 2.42 bits per heavy atom. The third-order valence-corrected chi connectivity index (χ3v) is 8.83. The van der Waals surface area contributed by atoms with Crippen LogP contribution in [-0.2, 0) is 13.6 Å². The van der Waals surface area contributed by atoms with Crippen molar-refractivity contribution < 1.29 is 14.3 Å². The van der Waals surface area contributed by atoms with Gasteiger partial charge < -0.3 is 15.0 Å². The molecule has 5 rings (SSSR count). The fourth-order valence-corrected chi connectivity index (χ4v) is 5.97. The molecule has 0 spiro atoms. The number of amides is 2. The molecule has 0 bridgehead atoms. The monoisotopic (exact) mass is 564 g/mol. The Bertz CT molecular complexity index is 1270. The average Bonchev–Trinajstić information content (AvgIpc) is 3.39. The molecule has 0 saturated carbocycles. The molecule has 4 heterocycles. The van der Waals surface area contributed by atoms with Crippen molar-refractivity contribution in [2.24, 2.45) is 18.9 Å². The SMILES string of the molecule is CC1CCN(Cc2ccc(C(=O)Nc3ccc(OC(=O)N4CCC(CSc5nnnn5C)CC4)nc3)cc2)CC1. The van der Waals surface area contributed by atoms with Gasteiger partial charge in [0.15, 0.2) is 0 Å². The van der Waals surface area contributed by atoms with Crippen molar-refractivity contribution in [2.45, 2.75) is 44.3 Å². The molecule has 2 saturated heterocycles. The number of thioether (sulfide) groups is 1. The van der Waals surface area contributed by atoms with Crippen LogP contribution in [0.5, 0.6) is 5.88 Å². The van der Waals surface area contributed by atoms with E-state index in [0.717, 1.165) is 49.3 Å². The molecule has 2 fully saturated rings. The Balaban J connectivity index is 1.04. The molecule has 0 aliphatic carbocycles. The number of ether oxygens (including phenoxy) is 1. The number of tetrazole rings is 1. The van der Waals surface area contributed by atoms with Crippen molar-refractivity contribution in [3.63, 3.8) is 0 Å². The number of nitrogens with one attached hydrogen (secondary N) is 1. The van der Waals surface area contributed by atoms with Crippen molar-refractivity contribution in [2.75, 3.05) is 37.2 Å². The second-order valence-corrected chi connectivity index (χ2v) is 11.7. The zero-order chi connectivity index (χ0) is 27.9. The van der Waals surface area contributed by atoms with E-state index in [4.69, 9.17) is 4.74 Å². The van der Waals surface area contributed by atoms with Crippen molar-refractivity contribution in [3.05, 3.63) is 53.7 Å². The molecule has 1 N–H and O–H groups in total. The number of rotatable bonds is 8. The predicted octanol–water partition coefficient (Wildman–Crippen LogP) is 4.09. The van der Waals surface area contributed by atoms with Crippen LogP contribution in [0.3, 0.4) is 0 Å². The minimum Gasteiger partial charge on any atom is -0.391 e. The lowest BCUT2D eigenvalue weighted by molar-refractivity contribution is 0.102. The number of benzene rings is 1. The van der Waals surface area contributed by atoms with Gasteiger partial charge in [-0.1, -0.05) is 30.8 Å². The molecule has 0 radical (unpaired) electrons. The number of carbonyl (C=O) groups excluding carboxylic acids is 2. The molecule has 2 aromatic heterocycles. The summed E-state index contributed by atoms with van der Waals surface area (Å²) in [4.78, 5) is 33.7. The van der Waals surface area contributed by atoms with Crippen LogP contribution in [0.2, 0.25) is 0 Å². The molecule has 0 unspecified atom stereocenters. The van der Waals surface area contributed by atoms with Gasteiger partial charge in [-0.25, -0.2) is 14.5 Å². The van der Waals surface area contributed by atoms with Crippen molar-refractivity contribution in [1.29, 1.82) is 0 Å². The van der Waals surface area contributed by atoms with Crippen LogP contribution in [0.25, 0.3) is 0 Å². The van der Waals surface area contributed by atoms with E-state index < -0.39 is 6.09 Å². The Kier molecular flexibility index (Phi) is 9.27. The number of likely N-dealkylation sites (tertiary alicyclic amines) is 2. The molecule has 3 aromatic rings. The van der Waals surface area contributed by atoms with Gasteiger partial charge in [0.1, 0.15) is 0 Å². The highest BCUT2D eigenvalue weighted by Gasteiger charge is 2.25. The van der Waals surface area contributed by atoms with E-state index in [1.165, 1.54) is 24.6 Å². The van der Waals surface area contributed by atoms with Crippen LogP contribution in [0.1, 0.15) is 48.5 Å². The van der Waals surface area contributed by atoms with E-state index in [1.54, 1.807) is 33.5 Å². The lowest BCUT2D eigenvalue weighted by Crippen LogP contribution is -2.40. The highest BCUT2D eigenvalue weighted by Crippen LogP contribution is 2.25. The number of aryl methyl sites for hydroxylation is 1. The fourth-order valence-electron chi connectivity index (χ4n) is 4.93. The standard InChI is InChI=1S/C28H36N8O3S/c1-20-9-13-35(14-10-20)18-21-3-5-23(6-4-21)26(37)30-24-7-8-25(29-17-24)39-28(38)36-15-11-22(12-16-36)19-40-27-31-32-33-34(27)2/h3-8,17,20,22H,9-16,18-19H2,1-2H3,(H,30,37). The zero-order valence-corrected chi connectivity index (χ0v) is 23.8. The van der Waals surface area contributed by atoms with Gasteiger partial charge in [0.05, 0.1) is 11.9 Å². The number of anilines is 1. The van der Waals surface area contributed by atoms with Gasteiger partial charge in [0.25, 0.3) is 5.91 Å².